The Labute approximate surface area is 93.1 Å². The van der Waals surface area contributed by atoms with E-state index in [4.69, 9.17) is 9.47 Å². The van der Waals surface area contributed by atoms with Crippen molar-refractivity contribution in [3.8, 4) is 0 Å². The molecule has 0 aromatic carbocycles. The Hall–Kier alpha value is -1.40. The quantitative estimate of drug-likeness (QED) is 0.503. The molecule has 0 aromatic heterocycles. The SMILES string of the molecule is COC(=O)/C=C(/C(=O)OC)C1(C)OCCO1. The summed E-state index contributed by atoms with van der Waals surface area (Å²) >= 11 is 0. The number of hydrogen-bond donors (Lipinski definition) is 0. The average Bonchev–Trinajstić information content (AvgIpc) is 2.72. The molecule has 6 nitrogen and oxygen atoms in total. The van der Waals surface area contributed by atoms with Crippen LogP contribution in [-0.2, 0) is 28.5 Å². The number of carbonyl (C=O) groups excluding carboxylic acids is 2. The van der Waals surface area contributed by atoms with Gasteiger partial charge in [0.25, 0.3) is 0 Å². The van der Waals surface area contributed by atoms with E-state index in [-0.39, 0.29) is 5.57 Å². The minimum Gasteiger partial charge on any atom is -0.466 e. The first kappa shape index (κ1) is 12.7. The fourth-order valence-electron chi connectivity index (χ4n) is 1.33. The molecular weight excluding hydrogens is 216 g/mol. The number of methoxy groups -OCH3 is 2. The molecule has 0 aliphatic carbocycles. The van der Waals surface area contributed by atoms with Crippen LogP contribution in [0.5, 0.6) is 0 Å². The van der Waals surface area contributed by atoms with Crippen LogP contribution >= 0.6 is 0 Å². The second kappa shape index (κ2) is 5.09. The summed E-state index contributed by atoms with van der Waals surface area (Å²) in [6, 6.07) is 0. The molecule has 16 heavy (non-hydrogen) atoms. The molecule has 0 aromatic rings. The second-order valence-corrected chi connectivity index (χ2v) is 3.22. The van der Waals surface area contributed by atoms with Gasteiger partial charge in [0.2, 0.25) is 0 Å². The Morgan fingerprint density at radius 2 is 1.75 bits per heavy atom. The Bertz CT molecular complexity index is 313. The summed E-state index contributed by atoms with van der Waals surface area (Å²) < 4.78 is 19.5. The van der Waals surface area contributed by atoms with Crippen LogP contribution in [0.2, 0.25) is 0 Å². The monoisotopic (exact) mass is 230 g/mol. The fraction of sp³-hybridized carbons (Fsp3) is 0.600. The van der Waals surface area contributed by atoms with Crippen LogP contribution in [0.1, 0.15) is 6.92 Å². The van der Waals surface area contributed by atoms with E-state index in [1.54, 1.807) is 6.92 Å². The molecule has 1 rings (SSSR count). The fourth-order valence-corrected chi connectivity index (χ4v) is 1.33. The summed E-state index contributed by atoms with van der Waals surface area (Å²) in [7, 11) is 2.43. The minimum atomic E-state index is -1.25. The molecule has 0 amide bonds. The van der Waals surface area contributed by atoms with Gasteiger partial charge in [-0.1, -0.05) is 0 Å². The highest BCUT2D eigenvalue weighted by Crippen LogP contribution is 2.28. The minimum absolute atomic E-state index is 0.0145. The molecule has 0 bridgehead atoms. The predicted octanol–water partition coefficient (Wildman–Crippen LogP) is 0.0218. The van der Waals surface area contributed by atoms with Gasteiger partial charge >= 0.3 is 11.9 Å². The number of carbonyl (C=O) groups is 2. The first-order valence-electron chi connectivity index (χ1n) is 4.70. The number of ether oxygens (including phenoxy) is 4. The maximum Gasteiger partial charge on any atom is 0.339 e. The van der Waals surface area contributed by atoms with E-state index >= 15 is 0 Å². The molecule has 1 saturated heterocycles. The van der Waals surface area contributed by atoms with Crippen molar-refractivity contribution < 1.29 is 28.5 Å². The van der Waals surface area contributed by atoms with Crippen molar-refractivity contribution in [2.75, 3.05) is 27.4 Å². The summed E-state index contributed by atoms with van der Waals surface area (Å²) in [5.41, 5.74) is -0.0145. The molecule has 0 radical (unpaired) electrons. The Morgan fingerprint density at radius 3 is 2.19 bits per heavy atom. The van der Waals surface area contributed by atoms with E-state index < -0.39 is 17.7 Å². The van der Waals surface area contributed by atoms with E-state index in [0.29, 0.717) is 13.2 Å². The summed E-state index contributed by atoms with van der Waals surface area (Å²) in [6.45, 7) is 2.25. The van der Waals surface area contributed by atoms with Crippen molar-refractivity contribution in [1.29, 1.82) is 0 Å². The van der Waals surface area contributed by atoms with Gasteiger partial charge in [-0.05, 0) is 6.92 Å². The molecule has 0 spiro atoms. The van der Waals surface area contributed by atoms with Gasteiger partial charge < -0.3 is 18.9 Å². The van der Waals surface area contributed by atoms with Gasteiger partial charge in [0, 0.05) is 6.08 Å². The van der Waals surface area contributed by atoms with Crippen LogP contribution in [0, 0.1) is 0 Å². The van der Waals surface area contributed by atoms with Crippen LogP contribution in [-0.4, -0.2) is 45.2 Å². The predicted molar refractivity (Wildman–Crippen MR) is 52.4 cm³/mol. The van der Waals surface area contributed by atoms with Crippen LogP contribution < -0.4 is 0 Å². The van der Waals surface area contributed by atoms with Gasteiger partial charge in [-0.25, -0.2) is 9.59 Å². The van der Waals surface area contributed by atoms with Gasteiger partial charge in [-0.3, -0.25) is 0 Å². The van der Waals surface area contributed by atoms with Crippen molar-refractivity contribution in [2.24, 2.45) is 0 Å². The lowest BCUT2D eigenvalue weighted by atomic mass is 10.1. The first-order valence-corrected chi connectivity index (χ1v) is 4.70. The van der Waals surface area contributed by atoms with Crippen molar-refractivity contribution >= 4 is 11.9 Å². The van der Waals surface area contributed by atoms with E-state index in [9.17, 15) is 9.59 Å². The molecule has 6 heteroatoms. The smallest absolute Gasteiger partial charge is 0.339 e. The van der Waals surface area contributed by atoms with Crippen LogP contribution in [0.15, 0.2) is 11.6 Å². The molecule has 0 N–H and O–H groups in total. The van der Waals surface area contributed by atoms with Gasteiger partial charge in [-0.15, -0.1) is 0 Å². The third kappa shape index (κ3) is 2.59. The van der Waals surface area contributed by atoms with E-state index in [2.05, 4.69) is 9.47 Å². The van der Waals surface area contributed by atoms with Crippen LogP contribution in [0.4, 0.5) is 0 Å². The lowest BCUT2D eigenvalue weighted by molar-refractivity contribution is -0.152. The topological polar surface area (TPSA) is 71.1 Å². The molecule has 1 aliphatic heterocycles. The average molecular weight is 230 g/mol. The van der Waals surface area contributed by atoms with Crippen molar-refractivity contribution in [1.82, 2.24) is 0 Å². The van der Waals surface area contributed by atoms with Crippen molar-refractivity contribution in [3.05, 3.63) is 11.6 Å². The Balaban J connectivity index is 3.00. The number of hydrogen-bond acceptors (Lipinski definition) is 6. The number of esters is 2. The molecule has 0 saturated carbocycles. The zero-order valence-electron chi connectivity index (χ0n) is 9.44. The Kier molecular flexibility index (Phi) is 4.03. The highest BCUT2D eigenvalue weighted by atomic mass is 16.7. The Morgan fingerprint density at radius 1 is 1.19 bits per heavy atom. The molecule has 0 unspecified atom stereocenters. The molecular formula is C10H14O6. The summed E-state index contributed by atoms with van der Waals surface area (Å²) in [4.78, 5) is 22.6. The molecule has 90 valence electrons. The zero-order valence-corrected chi connectivity index (χ0v) is 9.44. The largest absolute Gasteiger partial charge is 0.466 e. The number of rotatable bonds is 3. The maximum absolute atomic E-state index is 11.5. The lowest BCUT2D eigenvalue weighted by Gasteiger charge is -2.23. The summed E-state index contributed by atoms with van der Waals surface area (Å²) in [5, 5.41) is 0. The second-order valence-electron chi connectivity index (χ2n) is 3.22. The molecule has 1 heterocycles. The molecule has 0 atom stereocenters. The van der Waals surface area contributed by atoms with Gasteiger partial charge in [0.15, 0.2) is 5.79 Å². The lowest BCUT2D eigenvalue weighted by Crippen LogP contribution is -2.34. The summed E-state index contributed by atoms with van der Waals surface area (Å²) in [6.07, 6.45) is 1.01. The van der Waals surface area contributed by atoms with Crippen molar-refractivity contribution in [2.45, 2.75) is 12.7 Å². The molecule has 1 aliphatic rings. The summed E-state index contributed by atoms with van der Waals surface area (Å²) in [5.74, 6) is -2.60. The maximum atomic E-state index is 11.5. The highest BCUT2D eigenvalue weighted by molar-refractivity contribution is 5.97. The third-order valence-electron chi connectivity index (χ3n) is 2.20. The van der Waals surface area contributed by atoms with Gasteiger partial charge in [0.1, 0.15) is 5.57 Å². The van der Waals surface area contributed by atoms with E-state index in [1.807, 2.05) is 0 Å². The van der Waals surface area contributed by atoms with Gasteiger partial charge in [0.05, 0.1) is 27.4 Å². The standard InChI is InChI=1S/C10H14O6/c1-10(15-4-5-16-10)7(9(12)14-3)6-8(11)13-2/h6H,4-5H2,1-3H3/b7-6-. The van der Waals surface area contributed by atoms with Crippen LogP contribution in [0.3, 0.4) is 0 Å². The van der Waals surface area contributed by atoms with E-state index in [0.717, 1.165) is 6.08 Å². The highest BCUT2D eigenvalue weighted by Gasteiger charge is 2.40. The molecule has 1 fully saturated rings. The van der Waals surface area contributed by atoms with E-state index in [1.165, 1.54) is 14.2 Å². The normalized spacial score (nSPS) is 19.3. The van der Waals surface area contributed by atoms with Gasteiger partial charge in [-0.2, -0.15) is 0 Å². The van der Waals surface area contributed by atoms with Crippen molar-refractivity contribution in [3.63, 3.8) is 0 Å². The van der Waals surface area contributed by atoms with Crippen LogP contribution in [0.25, 0.3) is 0 Å². The zero-order chi connectivity index (χ0) is 12.2. The third-order valence-corrected chi connectivity index (χ3v) is 2.20. The first-order chi connectivity index (χ1) is 7.53.